The van der Waals surface area contributed by atoms with Gasteiger partial charge in [0.05, 0.1) is 0 Å². The quantitative estimate of drug-likeness (QED) is 0.713. The maximum Gasteiger partial charge on any atom is 0.00673 e. The standard InChI is InChI=1S/C17H33N/c1-14-7-4-5-8-15(14)13-18-16-9-6-11-17(2,3)12-10-16/h14-16,18H,4-13H2,1-3H3. The number of nitrogens with one attached hydrogen (secondary N) is 1. The van der Waals surface area contributed by atoms with Crippen LogP contribution in [0.2, 0.25) is 0 Å². The van der Waals surface area contributed by atoms with E-state index >= 15 is 0 Å². The molecule has 0 bridgehead atoms. The summed E-state index contributed by atoms with van der Waals surface area (Å²) in [5.74, 6) is 1.91. The van der Waals surface area contributed by atoms with Crippen LogP contribution >= 0.6 is 0 Å². The fraction of sp³-hybridized carbons (Fsp3) is 1.00. The number of hydrogen-bond donors (Lipinski definition) is 1. The first-order valence-electron chi connectivity index (χ1n) is 8.30. The first kappa shape index (κ1) is 14.4. The van der Waals surface area contributed by atoms with Gasteiger partial charge in [0.25, 0.3) is 0 Å². The molecule has 0 radical (unpaired) electrons. The molecular weight excluding hydrogens is 218 g/mol. The van der Waals surface area contributed by atoms with E-state index in [1.54, 1.807) is 0 Å². The minimum Gasteiger partial charge on any atom is -0.314 e. The Kier molecular flexibility index (Phi) is 5.12. The first-order valence-corrected chi connectivity index (χ1v) is 8.30. The molecule has 2 rings (SSSR count). The lowest BCUT2D eigenvalue weighted by molar-refractivity contribution is 0.236. The van der Waals surface area contributed by atoms with Crippen LogP contribution in [0.4, 0.5) is 0 Å². The van der Waals surface area contributed by atoms with E-state index in [1.165, 1.54) is 64.3 Å². The number of hydrogen-bond acceptors (Lipinski definition) is 1. The van der Waals surface area contributed by atoms with Gasteiger partial charge in [-0.15, -0.1) is 0 Å². The van der Waals surface area contributed by atoms with Gasteiger partial charge in [-0.05, 0) is 55.9 Å². The van der Waals surface area contributed by atoms with Crippen LogP contribution in [-0.4, -0.2) is 12.6 Å². The van der Waals surface area contributed by atoms with Crippen molar-refractivity contribution in [2.75, 3.05) is 6.54 Å². The minimum absolute atomic E-state index is 0.592. The molecule has 0 aliphatic heterocycles. The smallest absolute Gasteiger partial charge is 0.00673 e. The third kappa shape index (κ3) is 4.26. The summed E-state index contributed by atoms with van der Waals surface area (Å²) in [5.41, 5.74) is 0.592. The summed E-state index contributed by atoms with van der Waals surface area (Å²) < 4.78 is 0. The Hall–Kier alpha value is -0.0400. The van der Waals surface area contributed by atoms with Crippen molar-refractivity contribution in [3.8, 4) is 0 Å². The lowest BCUT2D eigenvalue weighted by Crippen LogP contribution is -2.36. The van der Waals surface area contributed by atoms with E-state index in [-0.39, 0.29) is 0 Å². The van der Waals surface area contributed by atoms with Gasteiger partial charge < -0.3 is 5.32 Å². The molecule has 0 spiro atoms. The largest absolute Gasteiger partial charge is 0.314 e. The zero-order chi connectivity index (χ0) is 13.0. The molecule has 2 aliphatic carbocycles. The Morgan fingerprint density at radius 2 is 1.72 bits per heavy atom. The van der Waals surface area contributed by atoms with E-state index in [9.17, 15) is 0 Å². The van der Waals surface area contributed by atoms with Gasteiger partial charge in [0.1, 0.15) is 0 Å². The topological polar surface area (TPSA) is 12.0 Å². The molecule has 2 fully saturated rings. The third-order valence-corrected chi connectivity index (χ3v) is 5.53. The molecule has 0 aromatic heterocycles. The first-order chi connectivity index (χ1) is 8.57. The molecule has 2 aliphatic rings. The zero-order valence-corrected chi connectivity index (χ0v) is 12.8. The molecule has 2 saturated carbocycles. The van der Waals surface area contributed by atoms with Gasteiger partial charge >= 0.3 is 0 Å². The van der Waals surface area contributed by atoms with Crippen molar-refractivity contribution in [1.29, 1.82) is 0 Å². The molecular formula is C17H33N. The van der Waals surface area contributed by atoms with Crippen LogP contribution in [0.3, 0.4) is 0 Å². The lowest BCUT2D eigenvalue weighted by Gasteiger charge is -2.30. The third-order valence-electron chi connectivity index (χ3n) is 5.53. The summed E-state index contributed by atoms with van der Waals surface area (Å²) in [6.45, 7) is 8.63. The molecule has 1 N–H and O–H groups in total. The van der Waals surface area contributed by atoms with E-state index in [2.05, 4.69) is 26.1 Å². The zero-order valence-electron chi connectivity index (χ0n) is 12.8. The van der Waals surface area contributed by atoms with Crippen molar-refractivity contribution in [2.45, 2.75) is 84.6 Å². The molecule has 0 aromatic rings. The van der Waals surface area contributed by atoms with Crippen LogP contribution in [0.1, 0.15) is 78.6 Å². The van der Waals surface area contributed by atoms with Crippen LogP contribution in [0.5, 0.6) is 0 Å². The molecule has 1 nitrogen and oxygen atoms in total. The van der Waals surface area contributed by atoms with E-state index in [1.807, 2.05) is 0 Å². The predicted octanol–water partition coefficient (Wildman–Crippen LogP) is 4.76. The highest BCUT2D eigenvalue weighted by Gasteiger charge is 2.26. The van der Waals surface area contributed by atoms with Gasteiger partial charge in [0.2, 0.25) is 0 Å². The SMILES string of the molecule is CC1CCCCC1CNC1CCCC(C)(C)CC1. The van der Waals surface area contributed by atoms with Crippen LogP contribution in [-0.2, 0) is 0 Å². The average molecular weight is 251 g/mol. The Morgan fingerprint density at radius 1 is 0.944 bits per heavy atom. The van der Waals surface area contributed by atoms with Crippen LogP contribution in [0.25, 0.3) is 0 Å². The lowest BCUT2D eigenvalue weighted by atomic mass is 9.80. The van der Waals surface area contributed by atoms with Gasteiger partial charge in [-0.1, -0.05) is 46.5 Å². The second kappa shape index (κ2) is 6.41. The Balaban J connectivity index is 1.72. The summed E-state index contributed by atoms with van der Waals surface area (Å²) in [5, 5.41) is 3.90. The second-order valence-corrected chi connectivity index (χ2v) is 7.72. The Bertz CT molecular complexity index is 246. The van der Waals surface area contributed by atoms with E-state index in [0.29, 0.717) is 5.41 Å². The maximum atomic E-state index is 3.90. The molecule has 1 heteroatoms. The molecule has 3 atom stereocenters. The van der Waals surface area contributed by atoms with Gasteiger partial charge in [0, 0.05) is 6.04 Å². The van der Waals surface area contributed by atoms with Crippen LogP contribution in [0.15, 0.2) is 0 Å². The molecule has 106 valence electrons. The maximum absolute atomic E-state index is 3.90. The predicted molar refractivity (Wildman–Crippen MR) is 79.8 cm³/mol. The van der Waals surface area contributed by atoms with E-state index in [0.717, 1.165) is 17.9 Å². The monoisotopic (exact) mass is 251 g/mol. The Morgan fingerprint density at radius 3 is 2.50 bits per heavy atom. The van der Waals surface area contributed by atoms with Crippen molar-refractivity contribution in [3.05, 3.63) is 0 Å². The fourth-order valence-corrected chi connectivity index (χ4v) is 3.88. The average Bonchev–Trinajstić information content (AvgIpc) is 2.50. The molecule has 0 saturated heterocycles. The van der Waals surface area contributed by atoms with E-state index < -0.39 is 0 Å². The van der Waals surface area contributed by atoms with Crippen molar-refractivity contribution >= 4 is 0 Å². The molecule has 0 heterocycles. The molecule has 18 heavy (non-hydrogen) atoms. The fourth-order valence-electron chi connectivity index (χ4n) is 3.88. The highest BCUT2D eigenvalue weighted by atomic mass is 14.9. The van der Waals surface area contributed by atoms with Gasteiger partial charge in [0.15, 0.2) is 0 Å². The van der Waals surface area contributed by atoms with Crippen molar-refractivity contribution in [3.63, 3.8) is 0 Å². The minimum atomic E-state index is 0.592. The van der Waals surface area contributed by atoms with Crippen LogP contribution in [0, 0.1) is 17.3 Å². The highest BCUT2D eigenvalue weighted by Crippen LogP contribution is 2.34. The van der Waals surface area contributed by atoms with Gasteiger partial charge in [-0.3, -0.25) is 0 Å². The van der Waals surface area contributed by atoms with Crippen LogP contribution < -0.4 is 5.32 Å². The van der Waals surface area contributed by atoms with E-state index in [4.69, 9.17) is 0 Å². The highest BCUT2D eigenvalue weighted by molar-refractivity contribution is 4.81. The number of rotatable bonds is 3. The van der Waals surface area contributed by atoms with Gasteiger partial charge in [-0.25, -0.2) is 0 Å². The second-order valence-electron chi connectivity index (χ2n) is 7.72. The molecule has 3 unspecified atom stereocenters. The normalized spacial score (nSPS) is 37.2. The molecule has 0 amide bonds. The summed E-state index contributed by atoms with van der Waals surface area (Å²) in [7, 11) is 0. The Labute approximate surface area is 114 Å². The van der Waals surface area contributed by atoms with Crippen molar-refractivity contribution < 1.29 is 0 Å². The van der Waals surface area contributed by atoms with Gasteiger partial charge in [-0.2, -0.15) is 0 Å². The summed E-state index contributed by atoms with van der Waals surface area (Å²) in [6.07, 6.45) is 12.9. The molecule has 0 aromatic carbocycles. The summed E-state index contributed by atoms with van der Waals surface area (Å²) in [4.78, 5) is 0. The van der Waals surface area contributed by atoms with Crippen molar-refractivity contribution in [2.24, 2.45) is 17.3 Å². The summed E-state index contributed by atoms with van der Waals surface area (Å²) in [6, 6.07) is 0.806. The van der Waals surface area contributed by atoms with Crippen molar-refractivity contribution in [1.82, 2.24) is 5.32 Å². The summed E-state index contributed by atoms with van der Waals surface area (Å²) >= 11 is 0.